The number of hydrazone groups is 1. The highest BCUT2D eigenvalue weighted by Crippen LogP contribution is 2.21. The van der Waals surface area contributed by atoms with E-state index in [2.05, 4.69) is 22.7 Å². The molecule has 0 saturated carbocycles. The van der Waals surface area contributed by atoms with E-state index in [0.717, 1.165) is 21.6 Å². The number of carbonyl (C=O) groups excluding carboxylic acids is 1. The quantitative estimate of drug-likeness (QED) is 0.534. The van der Waals surface area contributed by atoms with Crippen molar-refractivity contribution in [1.29, 1.82) is 0 Å². The van der Waals surface area contributed by atoms with Gasteiger partial charge in [0.05, 0.1) is 6.21 Å². The Balaban J connectivity index is 1.49. The Hall–Kier alpha value is -2.92. The van der Waals surface area contributed by atoms with Gasteiger partial charge in [0.2, 0.25) is 0 Å². The van der Waals surface area contributed by atoms with E-state index in [1.54, 1.807) is 17.6 Å². The van der Waals surface area contributed by atoms with Crippen molar-refractivity contribution in [3.05, 3.63) is 76.5 Å². The molecule has 0 atom stereocenters. The molecule has 1 amide bonds. The maximum absolute atomic E-state index is 11.8. The molecule has 0 aliphatic rings. The molecule has 1 N–H and O–H groups in total. The van der Waals surface area contributed by atoms with E-state index >= 15 is 0 Å². The molecule has 0 radical (unpaired) electrons. The fourth-order valence-electron chi connectivity index (χ4n) is 2.23. The van der Waals surface area contributed by atoms with E-state index in [1.165, 1.54) is 0 Å². The Morgan fingerprint density at radius 2 is 1.80 bits per heavy atom. The van der Waals surface area contributed by atoms with Gasteiger partial charge < -0.3 is 4.74 Å². The van der Waals surface area contributed by atoms with Gasteiger partial charge in [-0.15, -0.1) is 11.3 Å². The second-order valence-corrected chi connectivity index (χ2v) is 6.39. The number of amides is 1. The summed E-state index contributed by atoms with van der Waals surface area (Å²) in [7, 11) is 0. The van der Waals surface area contributed by atoms with Crippen molar-refractivity contribution in [3.8, 4) is 16.9 Å². The van der Waals surface area contributed by atoms with Crippen LogP contribution in [0.5, 0.6) is 5.75 Å². The zero-order valence-corrected chi connectivity index (χ0v) is 14.6. The minimum absolute atomic E-state index is 0.0779. The molecule has 25 heavy (non-hydrogen) atoms. The summed E-state index contributed by atoms with van der Waals surface area (Å²) in [5.41, 5.74) is 5.85. The predicted octanol–water partition coefficient (Wildman–Crippen LogP) is 4.25. The summed E-state index contributed by atoms with van der Waals surface area (Å²) in [6.07, 6.45) is 1.65. The van der Waals surface area contributed by atoms with Gasteiger partial charge in [-0.25, -0.2) is 5.43 Å². The van der Waals surface area contributed by atoms with Crippen molar-refractivity contribution in [1.82, 2.24) is 5.43 Å². The van der Waals surface area contributed by atoms with Gasteiger partial charge in [0.25, 0.3) is 5.91 Å². The van der Waals surface area contributed by atoms with Gasteiger partial charge >= 0.3 is 0 Å². The van der Waals surface area contributed by atoms with Crippen LogP contribution in [-0.4, -0.2) is 18.7 Å². The van der Waals surface area contributed by atoms with Gasteiger partial charge in [-0.2, -0.15) is 5.10 Å². The van der Waals surface area contributed by atoms with Crippen LogP contribution < -0.4 is 10.2 Å². The molecule has 0 aliphatic heterocycles. The van der Waals surface area contributed by atoms with Crippen LogP contribution in [0.3, 0.4) is 0 Å². The Morgan fingerprint density at radius 3 is 2.48 bits per heavy atom. The van der Waals surface area contributed by atoms with E-state index in [0.29, 0.717) is 5.75 Å². The number of aryl methyl sites for hydroxylation is 1. The van der Waals surface area contributed by atoms with Crippen molar-refractivity contribution in [2.24, 2.45) is 5.10 Å². The maximum Gasteiger partial charge on any atom is 0.277 e. The number of carbonyl (C=O) groups is 1. The normalized spacial score (nSPS) is 10.8. The van der Waals surface area contributed by atoms with Gasteiger partial charge in [0.1, 0.15) is 5.75 Å². The van der Waals surface area contributed by atoms with Crippen LogP contribution in [-0.2, 0) is 4.79 Å². The number of benzene rings is 2. The summed E-state index contributed by atoms with van der Waals surface area (Å²) in [5, 5.41) is 5.93. The van der Waals surface area contributed by atoms with Crippen LogP contribution in [0.15, 0.2) is 71.1 Å². The molecule has 0 spiro atoms. The third-order valence-electron chi connectivity index (χ3n) is 3.60. The Bertz CT molecular complexity index is 855. The second-order valence-electron chi connectivity index (χ2n) is 5.44. The summed E-state index contributed by atoms with van der Waals surface area (Å²) in [6, 6.07) is 19.8. The average Bonchev–Trinajstić information content (AvgIpc) is 3.06. The number of hydrogen-bond acceptors (Lipinski definition) is 4. The lowest BCUT2D eigenvalue weighted by atomic mass is 10.1. The van der Waals surface area contributed by atoms with E-state index in [9.17, 15) is 4.79 Å². The zero-order chi connectivity index (χ0) is 17.5. The van der Waals surface area contributed by atoms with Gasteiger partial charge in [-0.3, -0.25) is 4.79 Å². The lowest BCUT2D eigenvalue weighted by Crippen LogP contribution is -2.24. The molecule has 4 nitrogen and oxygen atoms in total. The molecular formula is C20H18N2O2S. The van der Waals surface area contributed by atoms with E-state index in [1.807, 2.05) is 60.8 Å². The number of nitrogens with one attached hydrogen (secondary N) is 1. The van der Waals surface area contributed by atoms with Crippen LogP contribution in [0, 0.1) is 6.92 Å². The molecular weight excluding hydrogens is 332 g/mol. The first-order valence-corrected chi connectivity index (χ1v) is 8.74. The summed E-state index contributed by atoms with van der Waals surface area (Å²) < 4.78 is 5.49. The van der Waals surface area contributed by atoms with Gasteiger partial charge in [0, 0.05) is 4.88 Å². The first-order chi connectivity index (χ1) is 12.2. The van der Waals surface area contributed by atoms with Crippen molar-refractivity contribution in [2.75, 3.05) is 6.61 Å². The molecule has 0 saturated heterocycles. The van der Waals surface area contributed by atoms with E-state index < -0.39 is 0 Å². The molecule has 0 bridgehead atoms. The number of rotatable bonds is 6. The smallest absolute Gasteiger partial charge is 0.277 e. The molecule has 126 valence electrons. The highest BCUT2D eigenvalue weighted by Gasteiger charge is 2.03. The highest BCUT2D eigenvalue weighted by molar-refractivity contribution is 7.11. The van der Waals surface area contributed by atoms with Gasteiger partial charge in [-0.05, 0) is 47.2 Å². The molecule has 2 aromatic carbocycles. The standard InChI is InChI=1S/C20H18N2O2S/c1-15-11-12-25-19(15)13-21-22-20(23)14-24-18-9-7-17(8-10-18)16-5-3-2-4-6-16/h2-13H,14H2,1H3,(H,22,23). The lowest BCUT2D eigenvalue weighted by Gasteiger charge is -2.06. The number of nitrogens with zero attached hydrogens (tertiary/aromatic N) is 1. The fourth-order valence-corrected chi connectivity index (χ4v) is 3.02. The van der Waals surface area contributed by atoms with Gasteiger partial charge in [0.15, 0.2) is 6.61 Å². The van der Waals surface area contributed by atoms with Crippen LogP contribution >= 0.6 is 11.3 Å². The summed E-state index contributed by atoms with van der Waals surface area (Å²) in [5.74, 6) is 0.352. The van der Waals surface area contributed by atoms with Crippen molar-refractivity contribution in [2.45, 2.75) is 6.92 Å². The Labute approximate surface area is 150 Å². The first-order valence-electron chi connectivity index (χ1n) is 7.86. The molecule has 1 heterocycles. The summed E-state index contributed by atoms with van der Waals surface area (Å²) in [6.45, 7) is 1.92. The van der Waals surface area contributed by atoms with E-state index in [-0.39, 0.29) is 12.5 Å². The largest absolute Gasteiger partial charge is 0.484 e. The van der Waals surface area contributed by atoms with E-state index in [4.69, 9.17) is 4.74 Å². The molecule has 3 rings (SSSR count). The van der Waals surface area contributed by atoms with Crippen LogP contribution in [0.1, 0.15) is 10.4 Å². The second kappa shape index (κ2) is 8.26. The zero-order valence-electron chi connectivity index (χ0n) is 13.8. The Morgan fingerprint density at radius 1 is 1.08 bits per heavy atom. The van der Waals surface area contributed by atoms with Crippen molar-refractivity contribution in [3.63, 3.8) is 0 Å². The highest BCUT2D eigenvalue weighted by atomic mass is 32.1. The molecule has 5 heteroatoms. The fraction of sp³-hybridized carbons (Fsp3) is 0.100. The Kier molecular flexibility index (Phi) is 5.59. The minimum Gasteiger partial charge on any atom is -0.484 e. The molecule has 1 aromatic heterocycles. The monoisotopic (exact) mass is 350 g/mol. The number of hydrogen-bond donors (Lipinski definition) is 1. The maximum atomic E-state index is 11.8. The molecule has 0 aliphatic carbocycles. The average molecular weight is 350 g/mol. The molecule has 3 aromatic rings. The third-order valence-corrected chi connectivity index (χ3v) is 4.56. The summed E-state index contributed by atoms with van der Waals surface area (Å²) in [4.78, 5) is 12.8. The number of thiophene rings is 1. The third kappa shape index (κ3) is 4.78. The van der Waals surface area contributed by atoms with Crippen molar-refractivity contribution >= 4 is 23.5 Å². The number of ether oxygens (including phenoxy) is 1. The minimum atomic E-state index is -0.294. The van der Waals surface area contributed by atoms with Crippen LogP contribution in [0.4, 0.5) is 0 Å². The summed E-state index contributed by atoms with van der Waals surface area (Å²) >= 11 is 1.58. The topological polar surface area (TPSA) is 50.7 Å². The molecule has 0 unspecified atom stereocenters. The van der Waals surface area contributed by atoms with Crippen molar-refractivity contribution < 1.29 is 9.53 Å². The SMILES string of the molecule is Cc1ccsc1C=NNC(=O)COc1ccc(-c2ccccc2)cc1. The van der Waals surface area contributed by atoms with Gasteiger partial charge in [-0.1, -0.05) is 42.5 Å². The predicted molar refractivity (Wildman–Crippen MR) is 102 cm³/mol. The van der Waals surface area contributed by atoms with Crippen LogP contribution in [0.2, 0.25) is 0 Å². The first kappa shape index (κ1) is 16.9. The lowest BCUT2D eigenvalue weighted by molar-refractivity contribution is -0.123. The van der Waals surface area contributed by atoms with Crippen LogP contribution in [0.25, 0.3) is 11.1 Å². The molecule has 0 fully saturated rings.